The lowest BCUT2D eigenvalue weighted by molar-refractivity contribution is 0.253. The van der Waals surface area contributed by atoms with E-state index in [4.69, 9.17) is 10.9 Å². The number of hydrogen-bond donors (Lipinski definition) is 3. The number of oxime groups is 1. The largest absolute Gasteiger partial charge is 0.409 e. The topological polar surface area (TPSA) is 105 Å². The number of rotatable bonds is 5. The Morgan fingerprint density at radius 2 is 1.86 bits per heavy atom. The summed E-state index contributed by atoms with van der Waals surface area (Å²) in [6.07, 6.45) is 7.43. The van der Waals surface area contributed by atoms with Gasteiger partial charge in [-0.15, -0.1) is 0 Å². The molecule has 0 heterocycles. The summed E-state index contributed by atoms with van der Waals surface area (Å²) >= 11 is 0. The first-order chi connectivity index (χ1) is 9.93. The molecule has 0 aromatic rings. The van der Waals surface area contributed by atoms with Crippen LogP contribution in [0.15, 0.2) is 5.16 Å². The third-order valence-electron chi connectivity index (χ3n) is 5.21. The van der Waals surface area contributed by atoms with E-state index in [-0.39, 0.29) is 11.1 Å². The molecule has 0 saturated heterocycles. The fraction of sp³-hybridized carbons (Fsp3) is 0.929. The summed E-state index contributed by atoms with van der Waals surface area (Å²) in [4.78, 5) is 0. The van der Waals surface area contributed by atoms with E-state index in [0.29, 0.717) is 31.6 Å². The molecule has 0 aromatic carbocycles. The predicted octanol–water partition coefficient (Wildman–Crippen LogP) is 1.93. The summed E-state index contributed by atoms with van der Waals surface area (Å²) in [5.41, 5.74) is 4.95. The molecule has 0 aromatic heterocycles. The summed E-state index contributed by atoms with van der Waals surface area (Å²) in [6.45, 7) is 2.14. The van der Waals surface area contributed by atoms with Crippen molar-refractivity contribution in [3.05, 3.63) is 0 Å². The molecule has 4 N–H and O–H groups in total. The van der Waals surface area contributed by atoms with Crippen molar-refractivity contribution < 1.29 is 13.6 Å². The molecule has 21 heavy (non-hydrogen) atoms. The zero-order chi connectivity index (χ0) is 15.5. The first-order valence-corrected chi connectivity index (χ1v) is 9.49. The summed E-state index contributed by atoms with van der Waals surface area (Å²) in [5, 5.41) is 11.9. The Labute approximate surface area is 127 Å². The van der Waals surface area contributed by atoms with Crippen molar-refractivity contribution in [2.75, 3.05) is 0 Å². The molecular weight excluding hydrogens is 290 g/mol. The van der Waals surface area contributed by atoms with Crippen molar-refractivity contribution in [3.63, 3.8) is 0 Å². The Kier molecular flexibility index (Phi) is 5.14. The van der Waals surface area contributed by atoms with Gasteiger partial charge in [-0.3, -0.25) is 0 Å². The van der Waals surface area contributed by atoms with E-state index in [1.807, 2.05) is 0 Å². The van der Waals surface area contributed by atoms with Gasteiger partial charge in [0.15, 0.2) is 5.84 Å². The first kappa shape index (κ1) is 16.5. The molecule has 2 aliphatic rings. The van der Waals surface area contributed by atoms with Crippen LogP contribution in [0.2, 0.25) is 0 Å². The van der Waals surface area contributed by atoms with Crippen LogP contribution in [-0.4, -0.2) is 30.2 Å². The summed E-state index contributed by atoms with van der Waals surface area (Å²) in [6, 6.07) is 0. The second-order valence-electron chi connectivity index (χ2n) is 6.47. The zero-order valence-corrected chi connectivity index (χ0v) is 13.5. The molecule has 0 atom stereocenters. The van der Waals surface area contributed by atoms with Crippen LogP contribution in [0.4, 0.5) is 0 Å². The third kappa shape index (κ3) is 3.51. The van der Waals surface area contributed by atoms with E-state index in [1.165, 1.54) is 0 Å². The van der Waals surface area contributed by atoms with Crippen LogP contribution in [-0.2, 0) is 10.0 Å². The van der Waals surface area contributed by atoms with Crippen molar-refractivity contribution in [2.45, 2.75) is 75.5 Å². The molecule has 6 nitrogen and oxygen atoms in total. The van der Waals surface area contributed by atoms with Crippen molar-refractivity contribution >= 4 is 15.9 Å². The quantitative estimate of drug-likeness (QED) is 0.312. The highest BCUT2D eigenvalue weighted by molar-refractivity contribution is 7.90. The number of sulfonamides is 1. The number of nitrogens with one attached hydrogen (secondary N) is 1. The van der Waals surface area contributed by atoms with Gasteiger partial charge in [0.25, 0.3) is 0 Å². The van der Waals surface area contributed by atoms with Gasteiger partial charge in [-0.1, -0.05) is 31.3 Å². The van der Waals surface area contributed by atoms with Crippen LogP contribution in [0.5, 0.6) is 0 Å². The van der Waals surface area contributed by atoms with Crippen LogP contribution >= 0.6 is 0 Å². The van der Waals surface area contributed by atoms with Gasteiger partial charge in [-0.05, 0) is 44.4 Å². The van der Waals surface area contributed by atoms with Crippen molar-refractivity contribution in [3.8, 4) is 0 Å². The van der Waals surface area contributed by atoms with Crippen LogP contribution in [0, 0.1) is 5.92 Å². The Bertz CT molecular complexity index is 476. The molecule has 7 heteroatoms. The molecular formula is C14H27N3O3S. The van der Waals surface area contributed by atoms with E-state index >= 15 is 0 Å². The maximum Gasteiger partial charge on any atom is 0.215 e. The number of hydrogen-bond acceptors (Lipinski definition) is 4. The molecule has 0 spiro atoms. The minimum absolute atomic E-state index is 0.00127. The summed E-state index contributed by atoms with van der Waals surface area (Å²) in [7, 11) is -3.42. The van der Waals surface area contributed by atoms with Gasteiger partial charge in [0.1, 0.15) is 0 Å². The SMILES string of the molecule is CCC1CCC(NS(=O)(=O)C2CCCC2)(C(N)=NO)CC1. The van der Waals surface area contributed by atoms with Gasteiger partial charge in [0.05, 0.1) is 10.8 Å². The predicted molar refractivity (Wildman–Crippen MR) is 82.7 cm³/mol. The molecule has 122 valence electrons. The highest BCUT2D eigenvalue weighted by Gasteiger charge is 2.44. The van der Waals surface area contributed by atoms with Crippen LogP contribution in [0.1, 0.15) is 64.7 Å². The van der Waals surface area contributed by atoms with Crippen LogP contribution < -0.4 is 10.5 Å². The third-order valence-corrected chi connectivity index (χ3v) is 7.24. The molecule has 2 fully saturated rings. The summed E-state index contributed by atoms with van der Waals surface area (Å²) < 4.78 is 28.0. The van der Waals surface area contributed by atoms with Gasteiger partial charge in [0, 0.05) is 0 Å². The standard InChI is InChI=1S/C14H27N3O3S/c1-2-11-7-9-14(10-8-11,13(15)16-18)17-21(19,20)12-5-3-4-6-12/h11-12,17-18H,2-10H2,1H3,(H2,15,16). The average Bonchev–Trinajstić information content (AvgIpc) is 3.02. The maximum atomic E-state index is 12.6. The second-order valence-corrected chi connectivity index (χ2v) is 8.43. The van der Waals surface area contributed by atoms with Crippen LogP contribution in [0.3, 0.4) is 0 Å². The lowest BCUT2D eigenvalue weighted by atomic mass is 9.75. The molecule has 0 radical (unpaired) electrons. The van der Waals surface area contributed by atoms with Crippen molar-refractivity contribution in [1.82, 2.24) is 4.72 Å². The molecule has 0 unspecified atom stereocenters. The fourth-order valence-electron chi connectivity index (χ4n) is 3.64. The molecule has 2 saturated carbocycles. The Balaban J connectivity index is 2.18. The van der Waals surface area contributed by atoms with Gasteiger partial charge < -0.3 is 10.9 Å². The lowest BCUT2D eigenvalue weighted by Crippen LogP contribution is -2.60. The van der Waals surface area contributed by atoms with E-state index in [9.17, 15) is 8.42 Å². The minimum Gasteiger partial charge on any atom is -0.409 e. The van der Waals surface area contributed by atoms with Gasteiger partial charge in [-0.25, -0.2) is 13.1 Å². The Morgan fingerprint density at radius 3 is 2.33 bits per heavy atom. The minimum atomic E-state index is -3.42. The van der Waals surface area contributed by atoms with E-state index < -0.39 is 15.6 Å². The molecule has 0 amide bonds. The molecule has 2 rings (SSSR count). The highest BCUT2D eigenvalue weighted by atomic mass is 32.2. The Morgan fingerprint density at radius 1 is 1.29 bits per heavy atom. The molecule has 2 aliphatic carbocycles. The highest BCUT2D eigenvalue weighted by Crippen LogP contribution is 2.36. The van der Waals surface area contributed by atoms with Crippen LogP contribution in [0.25, 0.3) is 0 Å². The van der Waals surface area contributed by atoms with E-state index in [0.717, 1.165) is 32.1 Å². The van der Waals surface area contributed by atoms with E-state index in [1.54, 1.807) is 0 Å². The number of nitrogens with zero attached hydrogens (tertiary/aromatic N) is 1. The smallest absolute Gasteiger partial charge is 0.215 e. The van der Waals surface area contributed by atoms with Gasteiger partial charge in [-0.2, -0.15) is 0 Å². The molecule has 0 bridgehead atoms. The normalized spacial score (nSPS) is 32.4. The maximum absolute atomic E-state index is 12.6. The number of nitrogens with two attached hydrogens (primary N) is 1. The van der Waals surface area contributed by atoms with Crippen molar-refractivity contribution in [2.24, 2.45) is 16.8 Å². The van der Waals surface area contributed by atoms with E-state index in [2.05, 4.69) is 16.8 Å². The average molecular weight is 317 g/mol. The summed E-state index contributed by atoms with van der Waals surface area (Å²) in [5.74, 6) is 0.597. The van der Waals surface area contributed by atoms with Gasteiger partial charge >= 0.3 is 0 Å². The first-order valence-electron chi connectivity index (χ1n) is 7.94. The van der Waals surface area contributed by atoms with Crippen molar-refractivity contribution in [1.29, 1.82) is 0 Å². The lowest BCUT2D eigenvalue weighted by Gasteiger charge is -2.39. The second kappa shape index (κ2) is 6.52. The molecule has 0 aliphatic heterocycles. The fourth-order valence-corrected chi connectivity index (χ4v) is 5.61. The van der Waals surface area contributed by atoms with Gasteiger partial charge in [0.2, 0.25) is 10.0 Å². The number of amidine groups is 1. The Hall–Kier alpha value is -0.820. The monoisotopic (exact) mass is 317 g/mol. The zero-order valence-electron chi connectivity index (χ0n) is 12.7.